The lowest BCUT2D eigenvalue weighted by Crippen LogP contribution is -2.54. The molecule has 1 aliphatic heterocycles. The van der Waals surface area contributed by atoms with E-state index in [1.807, 2.05) is 26.8 Å². The van der Waals surface area contributed by atoms with Crippen LogP contribution in [0.25, 0.3) is 6.08 Å². The van der Waals surface area contributed by atoms with Crippen LogP contribution in [0.2, 0.25) is 10.0 Å². The van der Waals surface area contributed by atoms with Crippen LogP contribution in [0.4, 0.5) is 10.5 Å². The Labute approximate surface area is 238 Å². The molecule has 1 aliphatic rings. The highest BCUT2D eigenvalue weighted by Gasteiger charge is 2.37. The summed E-state index contributed by atoms with van der Waals surface area (Å²) in [7, 11) is 0. The van der Waals surface area contributed by atoms with Crippen molar-refractivity contribution in [3.8, 4) is 11.5 Å². The van der Waals surface area contributed by atoms with E-state index in [1.165, 1.54) is 6.08 Å². The Kier molecular flexibility index (Phi) is 8.45. The maximum absolute atomic E-state index is 13.4. The van der Waals surface area contributed by atoms with Gasteiger partial charge in [-0.3, -0.25) is 14.9 Å². The molecule has 3 aromatic rings. The Morgan fingerprint density at radius 1 is 1.00 bits per heavy atom. The fourth-order valence-corrected chi connectivity index (χ4v) is 4.77. The molecule has 0 spiro atoms. The zero-order valence-corrected chi connectivity index (χ0v) is 23.8. The lowest BCUT2D eigenvalue weighted by Gasteiger charge is -2.28. The summed E-state index contributed by atoms with van der Waals surface area (Å²) in [4.78, 5) is 39.7. The number of carbonyl (C=O) groups excluding carboxylic acids is 3. The van der Waals surface area contributed by atoms with Gasteiger partial charge in [0.1, 0.15) is 12.2 Å². The average molecular weight is 618 g/mol. The highest BCUT2D eigenvalue weighted by atomic mass is 79.9. The van der Waals surface area contributed by atoms with Gasteiger partial charge in [-0.1, -0.05) is 41.4 Å². The number of aryl methyl sites for hydroxylation is 1. The highest BCUT2D eigenvalue weighted by molar-refractivity contribution is 9.10. The molecule has 0 radical (unpaired) electrons. The van der Waals surface area contributed by atoms with Gasteiger partial charge in [0.15, 0.2) is 11.5 Å². The van der Waals surface area contributed by atoms with Crippen LogP contribution >= 0.6 is 39.1 Å². The number of anilines is 1. The predicted octanol–water partition coefficient (Wildman–Crippen LogP) is 7.02. The maximum atomic E-state index is 13.4. The number of imide groups is 2. The van der Waals surface area contributed by atoms with Crippen LogP contribution in [0.15, 0.2) is 58.6 Å². The first-order valence-corrected chi connectivity index (χ1v) is 13.2. The molecular weight excluding hydrogens is 595 g/mol. The molecule has 3 aromatic carbocycles. The van der Waals surface area contributed by atoms with Crippen LogP contribution in [-0.2, 0) is 16.2 Å². The zero-order valence-electron chi connectivity index (χ0n) is 20.7. The lowest BCUT2D eigenvalue weighted by molar-refractivity contribution is -0.122. The third-order valence-corrected chi connectivity index (χ3v) is 7.26. The first-order valence-electron chi connectivity index (χ1n) is 11.6. The molecule has 0 atom stereocenters. The number of ether oxygens (including phenoxy) is 2. The van der Waals surface area contributed by atoms with Gasteiger partial charge < -0.3 is 9.47 Å². The predicted molar refractivity (Wildman–Crippen MR) is 151 cm³/mol. The minimum absolute atomic E-state index is 0.190. The number of urea groups is 1. The molecule has 4 amide bonds. The van der Waals surface area contributed by atoms with E-state index in [-0.39, 0.29) is 12.2 Å². The number of amides is 4. The van der Waals surface area contributed by atoms with E-state index in [9.17, 15) is 14.4 Å². The number of halogens is 3. The molecule has 0 aromatic heterocycles. The largest absolute Gasteiger partial charge is 0.490 e. The average Bonchev–Trinajstić information content (AvgIpc) is 2.86. The van der Waals surface area contributed by atoms with Gasteiger partial charge >= 0.3 is 6.03 Å². The monoisotopic (exact) mass is 616 g/mol. The van der Waals surface area contributed by atoms with E-state index in [4.69, 9.17) is 32.7 Å². The van der Waals surface area contributed by atoms with Gasteiger partial charge in [0.05, 0.1) is 26.8 Å². The van der Waals surface area contributed by atoms with Gasteiger partial charge in [-0.15, -0.1) is 0 Å². The Bertz CT molecular complexity index is 1490. The van der Waals surface area contributed by atoms with Crippen molar-refractivity contribution >= 4 is 68.7 Å². The highest BCUT2D eigenvalue weighted by Crippen LogP contribution is 2.39. The van der Waals surface area contributed by atoms with Crippen LogP contribution in [0.1, 0.15) is 29.2 Å². The summed E-state index contributed by atoms with van der Waals surface area (Å²) in [5, 5.41) is 3.13. The molecule has 196 valence electrons. The minimum atomic E-state index is -0.798. The first-order chi connectivity index (χ1) is 18.1. The third kappa shape index (κ3) is 5.72. The molecule has 1 N–H and O–H groups in total. The maximum Gasteiger partial charge on any atom is 0.335 e. The number of barbiturate groups is 1. The molecule has 38 heavy (non-hydrogen) atoms. The van der Waals surface area contributed by atoms with E-state index in [2.05, 4.69) is 21.2 Å². The molecule has 1 fully saturated rings. The van der Waals surface area contributed by atoms with Crippen molar-refractivity contribution in [3.05, 3.63) is 90.9 Å². The molecule has 0 bridgehead atoms. The summed E-state index contributed by atoms with van der Waals surface area (Å²) < 4.78 is 12.3. The topological polar surface area (TPSA) is 84.9 Å². The number of nitrogens with zero attached hydrogens (tertiary/aromatic N) is 1. The smallest absolute Gasteiger partial charge is 0.335 e. The second-order valence-electron chi connectivity index (χ2n) is 8.48. The summed E-state index contributed by atoms with van der Waals surface area (Å²) in [6.07, 6.45) is 1.41. The van der Waals surface area contributed by atoms with Gasteiger partial charge in [-0.05, 0) is 95.4 Å². The number of hydrogen-bond donors (Lipinski definition) is 1. The summed E-state index contributed by atoms with van der Waals surface area (Å²) >= 11 is 15.6. The zero-order chi connectivity index (χ0) is 27.6. The van der Waals surface area contributed by atoms with Crippen molar-refractivity contribution in [3.63, 3.8) is 0 Å². The molecule has 0 unspecified atom stereocenters. The van der Waals surface area contributed by atoms with E-state index in [1.54, 1.807) is 42.5 Å². The Hall–Kier alpha value is -3.33. The quantitative estimate of drug-likeness (QED) is 0.228. The van der Waals surface area contributed by atoms with Crippen molar-refractivity contribution in [2.24, 2.45) is 0 Å². The SMILES string of the molecule is CCOc1cc(/C=C2\C(=O)NC(=O)N(c3cccc(C)c3C)C2=O)cc(Br)c1OCc1ccc(Cl)c(Cl)c1. The molecule has 7 nitrogen and oxygen atoms in total. The van der Waals surface area contributed by atoms with Crippen molar-refractivity contribution in [1.29, 1.82) is 0 Å². The molecule has 10 heteroatoms. The van der Waals surface area contributed by atoms with E-state index in [0.717, 1.165) is 21.6 Å². The molecule has 0 aliphatic carbocycles. The van der Waals surface area contributed by atoms with Crippen molar-refractivity contribution < 1.29 is 23.9 Å². The third-order valence-electron chi connectivity index (χ3n) is 5.93. The second kappa shape index (κ2) is 11.6. The second-order valence-corrected chi connectivity index (χ2v) is 10.1. The van der Waals surface area contributed by atoms with Crippen molar-refractivity contribution in [2.75, 3.05) is 11.5 Å². The number of benzene rings is 3. The molecule has 4 rings (SSSR count). The summed E-state index contributed by atoms with van der Waals surface area (Å²) in [5.41, 5.74) is 3.19. The van der Waals surface area contributed by atoms with E-state index < -0.39 is 17.8 Å². The van der Waals surface area contributed by atoms with Crippen molar-refractivity contribution in [1.82, 2.24) is 5.32 Å². The minimum Gasteiger partial charge on any atom is -0.490 e. The van der Waals surface area contributed by atoms with Crippen molar-refractivity contribution in [2.45, 2.75) is 27.4 Å². The Balaban J connectivity index is 1.67. The summed E-state index contributed by atoms with van der Waals surface area (Å²) in [6, 6.07) is 13.1. The summed E-state index contributed by atoms with van der Waals surface area (Å²) in [6.45, 7) is 6.07. The molecule has 0 saturated carbocycles. The molecule has 1 heterocycles. The summed E-state index contributed by atoms with van der Waals surface area (Å²) in [5.74, 6) is -0.663. The van der Waals surface area contributed by atoms with Gasteiger partial charge in [0.25, 0.3) is 11.8 Å². The lowest BCUT2D eigenvalue weighted by atomic mass is 10.0. The number of nitrogens with one attached hydrogen (secondary N) is 1. The van der Waals surface area contributed by atoms with Gasteiger partial charge in [0, 0.05) is 0 Å². The standard InChI is InChI=1S/C28H23BrCl2N2O5/c1-4-37-24-13-18(11-20(29)25(24)38-14-17-8-9-21(30)22(31)12-17)10-19-26(34)32-28(36)33(27(19)35)23-7-5-6-15(2)16(23)3/h5-13H,4,14H2,1-3H3,(H,32,34,36)/b19-10+. The van der Waals surface area contributed by atoms with Crippen LogP contribution < -0.4 is 19.7 Å². The van der Waals surface area contributed by atoms with E-state index >= 15 is 0 Å². The van der Waals surface area contributed by atoms with Crippen LogP contribution in [0.3, 0.4) is 0 Å². The van der Waals surface area contributed by atoms with Crippen LogP contribution in [-0.4, -0.2) is 24.5 Å². The van der Waals surface area contributed by atoms with Gasteiger partial charge in [-0.2, -0.15) is 0 Å². The molecular formula is C28H23BrCl2N2O5. The van der Waals surface area contributed by atoms with Crippen LogP contribution in [0, 0.1) is 13.8 Å². The van der Waals surface area contributed by atoms with E-state index in [0.29, 0.717) is 43.9 Å². The fraction of sp³-hybridized carbons (Fsp3) is 0.179. The van der Waals surface area contributed by atoms with Crippen LogP contribution in [0.5, 0.6) is 11.5 Å². The Morgan fingerprint density at radius 3 is 2.47 bits per heavy atom. The first kappa shape index (κ1) is 27.7. The number of rotatable bonds is 7. The van der Waals surface area contributed by atoms with Gasteiger partial charge in [-0.25, -0.2) is 9.69 Å². The Morgan fingerprint density at radius 2 is 1.76 bits per heavy atom. The van der Waals surface area contributed by atoms with Gasteiger partial charge in [0.2, 0.25) is 0 Å². The number of carbonyl (C=O) groups is 3. The number of hydrogen-bond acceptors (Lipinski definition) is 5. The molecule has 1 saturated heterocycles. The fourth-order valence-electron chi connectivity index (χ4n) is 3.88. The normalized spacial score (nSPS) is 14.6.